The number of aliphatic hydroxyl groups excluding tert-OH is 1. The number of ether oxygens (including phenoxy) is 1. The number of aromatic amines is 1. The van der Waals surface area contributed by atoms with Gasteiger partial charge in [-0.15, -0.1) is 0 Å². The van der Waals surface area contributed by atoms with Gasteiger partial charge in [0.2, 0.25) is 11.8 Å². The maximum absolute atomic E-state index is 14.1. The summed E-state index contributed by atoms with van der Waals surface area (Å²) in [5.74, 6) is -0.450. The van der Waals surface area contributed by atoms with Crippen LogP contribution in [0.5, 0.6) is 0 Å². The maximum Gasteiger partial charge on any atom is 0.318 e. The second kappa shape index (κ2) is 19.0. The summed E-state index contributed by atoms with van der Waals surface area (Å²) in [7, 11) is 0. The van der Waals surface area contributed by atoms with Crippen molar-refractivity contribution in [3.63, 3.8) is 0 Å². The molecule has 264 valence electrons. The fraction of sp³-hybridized carbons (Fsp3) is 0.541. The van der Waals surface area contributed by atoms with E-state index in [1.807, 2.05) is 48.5 Å². The quantitative estimate of drug-likeness (QED) is 0.156. The molecule has 5 rings (SSSR count). The molecule has 1 aromatic carbocycles. The van der Waals surface area contributed by atoms with Crippen LogP contribution in [0.1, 0.15) is 68.3 Å². The Labute approximate surface area is 288 Å². The van der Waals surface area contributed by atoms with Gasteiger partial charge in [0.1, 0.15) is 12.1 Å². The second-order valence-electron chi connectivity index (χ2n) is 13.3. The van der Waals surface area contributed by atoms with Crippen LogP contribution in [0, 0.1) is 5.92 Å². The minimum absolute atomic E-state index is 0.141. The lowest BCUT2D eigenvalue weighted by molar-refractivity contribution is -0.131. The zero-order chi connectivity index (χ0) is 34.3. The summed E-state index contributed by atoms with van der Waals surface area (Å²) in [5, 5.41) is 20.5. The molecule has 5 N–H and O–H groups in total. The lowest BCUT2D eigenvalue weighted by atomic mass is 9.83. The number of aliphatic hydroxyl groups is 1. The van der Waals surface area contributed by atoms with Crippen LogP contribution < -0.4 is 16.0 Å². The predicted molar refractivity (Wildman–Crippen MR) is 185 cm³/mol. The molecule has 2 fully saturated rings. The molecular weight excluding hydrogens is 622 g/mol. The monoisotopic (exact) mass is 673 g/mol. The Bertz CT molecular complexity index is 1410. The van der Waals surface area contributed by atoms with E-state index in [0.29, 0.717) is 50.8 Å². The van der Waals surface area contributed by atoms with Gasteiger partial charge in [-0.2, -0.15) is 0 Å². The number of carbonyl (C=O) groups is 3. The van der Waals surface area contributed by atoms with Gasteiger partial charge in [0.25, 0.3) is 0 Å². The number of rotatable bonds is 16. The van der Waals surface area contributed by atoms with Crippen molar-refractivity contribution in [3.05, 3.63) is 84.2 Å². The highest BCUT2D eigenvalue weighted by Gasteiger charge is 2.32. The van der Waals surface area contributed by atoms with E-state index < -0.39 is 30.1 Å². The molecule has 0 spiro atoms. The van der Waals surface area contributed by atoms with Gasteiger partial charge < -0.3 is 35.7 Å². The number of pyridine rings is 1. The van der Waals surface area contributed by atoms with Gasteiger partial charge >= 0.3 is 6.03 Å². The summed E-state index contributed by atoms with van der Waals surface area (Å²) >= 11 is 0. The molecule has 2 aromatic heterocycles. The number of morpholine rings is 1. The average Bonchev–Trinajstić information content (AvgIpc) is 3.65. The Balaban J connectivity index is 1.30. The summed E-state index contributed by atoms with van der Waals surface area (Å²) in [5.41, 5.74) is 2.45. The SMILES string of the molecule is O=C(N[C@@H](CC1CCCCC1)[C@@H](O)CCCc1ccccn1)[C@H](Cc1c[nH]cn1)NC(=O)[C@H](Cc1ccccc1)NC(=O)N1CCOCC1. The molecule has 4 atom stereocenters. The van der Waals surface area contributed by atoms with Crippen molar-refractivity contribution in [1.82, 2.24) is 35.8 Å². The maximum atomic E-state index is 14.1. The van der Waals surface area contributed by atoms with Gasteiger partial charge in [0.05, 0.1) is 37.4 Å². The van der Waals surface area contributed by atoms with E-state index >= 15 is 0 Å². The first-order valence-corrected chi connectivity index (χ1v) is 17.8. The van der Waals surface area contributed by atoms with Crippen LogP contribution in [0.25, 0.3) is 0 Å². The molecule has 4 amide bonds. The smallest absolute Gasteiger partial charge is 0.318 e. The Hall–Kier alpha value is -4.29. The van der Waals surface area contributed by atoms with E-state index in [4.69, 9.17) is 4.74 Å². The number of nitrogens with zero attached hydrogens (tertiary/aromatic N) is 3. The third kappa shape index (κ3) is 11.7. The molecule has 49 heavy (non-hydrogen) atoms. The van der Waals surface area contributed by atoms with Crippen molar-refractivity contribution in [3.8, 4) is 0 Å². The van der Waals surface area contributed by atoms with E-state index in [9.17, 15) is 19.5 Å². The summed E-state index contributed by atoms with van der Waals surface area (Å²) in [6.07, 6.45) is 12.9. The molecule has 2 aliphatic rings. The number of benzene rings is 1. The molecule has 0 bridgehead atoms. The molecule has 1 saturated carbocycles. The topological polar surface area (TPSA) is 162 Å². The van der Waals surface area contributed by atoms with Crippen LogP contribution in [-0.4, -0.2) is 93.3 Å². The normalized spacial score (nSPS) is 17.8. The third-order valence-corrected chi connectivity index (χ3v) is 9.56. The van der Waals surface area contributed by atoms with Gasteiger partial charge in [-0.1, -0.05) is 68.5 Å². The van der Waals surface area contributed by atoms with Crippen LogP contribution in [-0.2, 0) is 33.6 Å². The molecule has 0 radical (unpaired) electrons. The lowest BCUT2D eigenvalue weighted by Crippen LogP contribution is -2.59. The van der Waals surface area contributed by atoms with Crippen LogP contribution in [0.2, 0.25) is 0 Å². The van der Waals surface area contributed by atoms with Gasteiger partial charge in [-0.25, -0.2) is 9.78 Å². The molecular formula is C37H51N7O5. The fourth-order valence-electron chi connectivity index (χ4n) is 6.78. The molecule has 1 aliphatic carbocycles. The molecule has 1 saturated heterocycles. The summed E-state index contributed by atoms with van der Waals surface area (Å²) in [4.78, 5) is 54.6. The van der Waals surface area contributed by atoms with E-state index in [0.717, 1.165) is 49.8 Å². The standard InChI is InChI=1S/C37H51N7O5/c45-34(16-9-15-29-14-7-8-17-39-29)31(22-27-10-3-1-4-11-27)41-36(47)33(24-30-25-38-26-40-30)42-35(46)32(23-28-12-5-2-6-13-28)43-37(48)44-18-20-49-21-19-44/h2,5-8,12-14,17,25-27,31-34,45H,1,3-4,9-11,15-16,18-24H2,(H,38,40)(H,41,47)(H,42,46)(H,43,48)/t31-,32-,33-,34-/m0/s1. The van der Waals surface area contributed by atoms with Crippen molar-refractivity contribution >= 4 is 17.8 Å². The molecule has 12 nitrogen and oxygen atoms in total. The Morgan fingerprint density at radius 2 is 1.61 bits per heavy atom. The molecule has 3 aromatic rings. The van der Waals surface area contributed by atoms with E-state index in [-0.39, 0.29) is 24.8 Å². The minimum Gasteiger partial charge on any atom is -0.391 e. The number of urea groups is 1. The fourth-order valence-corrected chi connectivity index (χ4v) is 6.78. The second-order valence-corrected chi connectivity index (χ2v) is 13.3. The number of nitrogens with one attached hydrogen (secondary N) is 4. The van der Waals surface area contributed by atoms with Crippen LogP contribution in [0.4, 0.5) is 4.79 Å². The number of hydrogen-bond acceptors (Lipinski definition) is 7. The van der Waals surface area contributed by atoms with Crippen LogP contribution >= 0.6 is 0 Å². The Morgan fingerprint density at radius 3 is 2.33 bits per heavy atom. The number of amides is 4. The predicted octanol–water partition coefficient (Wildman–Crippen LogP) is 3.32. The largest absolute Gasteiger partial charge is 0.391 e. The summed E-state index contributed by atoms with van der Waals surface area (Å²) in [6, 6.07) is 12.5. The van der Waals surface area contributed by atoms with Crippen LogP contribution in [0.15, 0.2) is 67.3 Å². The highest BCUT2D eigenvalue weighted by Crippen LogP contribution is 2.28. The average molecular weight is 674 g/mol. The number of aromatic nitrogens is 3. The van der Waals surface area contributed by atoms with E-state index in [1.54, 1.807) is 17.3 Å². The molecule has 3 heterocycles. The molecule has 12 heteroatoms. The number of imidazole rings is 1. The third-order valence-electron chi connectivity index (χ3n) is 9.56. The first-order chi connectivity index (χ1) is 23.9. The van der Waals surface area contributed by atoms with Gasteiger partial charge in [-0.3, -0.25) is 14.6 Å². The Morgan fingerprint density at radius 1 is 0.878 bits per heavy atom. The zero-order valence-electron chi connectivity index (χ0n) is 28.3. The zero-order valence-corrected chi connectivity index (χ0v) is 28.3. The highest BCUT2D eigenvalue weighted by atomic mass is 16.5. The van der Waals surface area contributed by atoms with Gasteiger partial charge in [0.15, 0.2) is 0 Å². The van der Waals surface area contributed by atoms with Crippen molar-refractivity contribution in [2.75, 3.05) is 26.3 Å². The molecule has 0 unspecified atom stereocenters. The number of carbonyl (C=O) groups excluding carboxylic acids is 3. The van der Waals surface area contributed by atoms with E-state index in [2.05, 4.69) is 30.9 Å². The van der Waals surface area contributed by atoms with Crippen LogP contribution in [0.3, 0.4) is 0 Å². The summed E-state index contributed by atoms with van der Waals surface area (Å²) in [6.45, 7) is 1.74. The van der Waals surface area contributed by atoms with Crippen molar-refractivity contribution < 1.29 is 24.2 Å². The number of aryl methyl sites for hydroxylation is 1. The first kappa shape index (κ1) is 36.0. The number of hydrogen-bond donors (Lipinski definition) is 5. The van der Waals surface area contributed by atoms with Crippen molar-refractivity contribution in [2.24, 2.45) is 5.92 Å². The highest BCUT2D eigenvalue weighted by molar-refractivity contribution is 5.92. The molecule has 1 aliphatic heterocycles. The van der Waals surface area contributed by atoms with Crippen molar-refractivity contribution in [2.45, 2.75) is 94.9 Å². The van der Waals surface area contributed by atoms with E-state index in [1.165, 1.54) is 12.7 Å². The van der Waals surface area contributed by atoms with Crippen molar-refractivity contribution in [1.29, 1.82) is 0 Å². The van der Waals surface area contributed by atoms with Gasteiger partial charge in [-0.05, 0) is 49.3 Å². The summed E-state index contributed by atoms with van der Waals surface area (Å²) < 4.78 is 5.39. The Kier molecular flexibility index (Phi) is 14.0. The number of H-pyrrole nitrogens is 1. The first-order valence-electron chi connectivity index (χ1n) is 17.8. The minimum atomic E-state index is -0.982. The lowest BCUT2D eigenvalue weighted by Gasteiger charge is -2.32. The van der Waals surface area contributed by atoms with Gasteiger partial charge in [0, 0.05) is 44.0 Å².